The maximum atomic E-state index is 12.8. The van der Waals surface area contributed by atoms with E-state index < -0.39 is 0 Å². The first-order valence-electron chi connectivity index (χ1n) is 5.66. The van der Waals surface area contributed by atoms with E-state index >= 15 is 0 Å². The van der Waals surface area contributed by atoms with Crippen LogP contribution < -0.4 is 5.32 Å². The minimum absolute atomic E-state index is 0.210. The third-order valence-corrected chi connectivity index (χ3v) is 3.20. The van der Waals surface area contributed by atoms with Gasteiger partial charge >= 0.3 is 0 Å². The predicted octanol–water partition coefficient (Wildman–Crippen LogP) is 3.40. The molecule has 3 nitrogen and oxygen atoms in total. The van der Waals surface area contributed by atoms with Gasteiger partial charge in [0.2, 0.25) is 0 Å². The van der Waals surface area contributed by atoms with Gasteiger partial charge in [0, 0.05) is 24.1 Å². The van der Waals surface area contributed by atoms with E-state index in [1.54, 1.807) is 19.2 Å². The fourth-order valence-corrected chi connectivity index (χ4v) is 2.43. The molecule has 0 amide bonds. The maximum Gasteiger partial charge on any atom is 0.183 e. The summed E-state index contributed by atoms with van der Waals surface area (Å²) >= 11 is 1.53. The molecule has 96 valence electrons. The lowest BCUT2D eigenvalue weighted by molar-refractivity contribution is 0.190. The lowest BCUT2D eigenvalue weighted by atomic mass is 10.2. The molecular formula is C13H15FN2OS. The van der Waals surface area contributed by atoms with Crippen LogP contribution in [0.3, 0.4) is 0 Å². The van der Waals surface area contributed by atoms with Crippen molar-refractivity contribution in [2.75, 3.05) is 19.0 Å². The van der Waals surface area contributed by atoms with Crippen LogP contribution >= 0.6 is 11.3 Å². The number of methoxy groups -OCH3 is 1. The molecule has 0 spiro atoms. The molecule has 5 heteroatoms. The molecule has 1 aromatic heterocycles. The van der Waals surface area contributed by atoms with E-state index in [-0.39, 0.29) is 11.9 Å². The van der Waals surface area contributed by atoms with E-state index in [1.165, 1.54) is 23.5 Å². The van der Waals surface area contributed by atoms with Crippen LogP contribution in [0.25, 0.3) is 11.3 Å². The lowest BCUT2D eigenvalue weighted by Crippen LogP contribution is -2.20. The molecule has 0 fully saturated rings. The van der Waals surface area contributed by atoms with Gasteiger partial charge in [-0.15, -0.1) is 11.3 Å². The molecule has 0 aliphatic carbocycles. The molecule has 0 bridgehead atoms. The molecule has 1 atom stereocenters. The van der Waals surface area contributed by atoms with Gasteiger partial charge in [-0.25, -0.2) is 9.37 Å². The summed E-state index contributed by atoms with van der Waals surface area (Å²) in [6.07, 6.45) is 0. The third kappa shape index (κ3) is 3.27. The van der Waals surface area contributed by atoms with Crippen LogP contribution in [-0.4, -0.2) is 24.7 Å². The summed E-state index contributed by atoms with van der Waals surface area (Å²) in [5, 5.41) is 6.05. The summed E-state index contributed by atoms with van der Waals surface area (Å²) in [5.41, 5.74) is 1.77. The molecule has 0 radical (unpaired) electrons. The number of hydrogen-bond acceptors (Lipinski definition) is 4. The highest BCUT2D eigenvalue weighted by molar-refractivity contribution is 7.14. The fourth-order valence-electron chi connectivity index (χ4n) is 1.60. The molecule has 0 unspecified atom stereocenters. The molecule has 1 heterocycles. The monoisotopic (exact) mass is 266 g/mol. The van der Waals surface area contributed by atoms with Gasteiger partial charge in [-0.2, -0.15) is 0 Å². The Morgan fingerprint density at radius 1 is 1.39 bits per heavy atom. The second kappa shape index (κ2) is 5.93. The Labute approximate surface area is 110 Å². The van der Waals surface area contributed by atoms with Crippen LogP contribution in [0, 0.1) is 5.82 Å². The number of anilines is 1. The quantitative estimate of drug-likeness (QED) is 0.900. The highest BCUT2D eigenvalue weighted by Crippen LogP contribution is 2.25. The first-order valence-corrected chi connectivity index (χ1v) is 6.54. The standard InChI is InChI=1S/C13H15FN2OS/c1-9(7-17-2)15-13-16-12(8-18-13)10-3-5-11(14)6-4-10/h3-6,8-9H,7H2,1-2H3,(H,15,16)/t9-/m0/s1. The van der Waals surface area contributed by atoms with Crippen LogP contribution in [0.1, 0.15) is 6.92 Å². The highest BCUT2D eigenvalue weighted by Gasteiger charge is 2.07. The fraction of sp³-hybridized carbons (Fsp3) is 0.308. The molecule has 1 aromatic carbocycles. The number of benzene rings is 1. The topological polar surface area (TPSA) is 34.1 Å². The Morgan fingerprint density at radius 2 is 2.11 bits per heavy atom. The number of rotatable bonds is 5. The van der Waals surface area contributed by atoms with Gasteiger partial charge in [0.1, 0.15) is 5.82 Å². The van der Waals surface area contributed by atoms with E-state index in [0.717, 1.165) is 16.4 Å². The lowest BCUT2D eigenvalue weighted by Gasteiger charge is -2.10. The Balaban J connectivity index is 2.08. The summed E-state index contributed by atoms with van der Waals surface area (Å²) in [4.78, 5) is 4.46. The van der Waals surface area contributed by atoms with Crippen LogP contribution in [0.4, 0.5) is 9.52 Å². The third-order valence-electron chi connectivity index (χ3n) is 2.43. The Kier molecular flexibility index (Phi) is 4.28. The number of nitrogens with zero attached hydrogens (tertiary/aromatic N) is 1. The van der Waals surface area contributed by atoms with E-state index in [2.05, 4.69) is 10.3 Å². The van der Waals surface area contributed by atoms with E-state index in [1.807, 2.05) is 12.3 Å². The first kappa shape index (κ1) is 13.0. The number of halogens is 1. The molecule has 1 N–H and O–H groups in total. The van der Waals surface area contributed by atoms with Crippen LogP contribution in [0.5, 0.6) is 0 Å². The largest absolute Gasteiger partial charge is 0.383 e. The van der Waals surface area contributed by atoms with E-state index in [4.69, 9.17) is 4.74 Å². The van der Waals surface area contributed by atoms with Crippen molar-refractivity contribution in [2.45, 2.75) is 13.0 Å². The van der Waals surface area contributed by atoms with Crippen LogP contribution in [0.2, 0.25) is 0 Å². The first-order chi connectivity index (χ1) is 8.69. The van der Waals surface area contributed by atoms with Crippen LogP contribution in [0.15, 0.2) is 29.6 Å². The maximum absolute atomic E-state index is 12.8. The van der Waals surface area contributed by atoms with E-state index in [9.17, 15) is 4.39 Å². The number of thiazole rings is 1. The Bertz CT molecular complexity index is 498. The van der Waals surface area contributed by atoms with Gasteiger partial charge in [0.25, 0.3) is 0 Å². The summed E-state index contributed by atoms with van der Waals surface area (Å²) in [6.45, 7) is 2.66. The van der Waals surface area contributed by atoms with Crippen molar-refractivity contribution in [1.82, 2.24) is 4.98 Å². The molecule has 0 saturated heterocycles. The minimum atomic E-state index is -0.235. The molecular weight excluding hydrogens is 251 g/mol. The summed E-state index contributed by atoms with van der Waals surface area (Å²) in [7, 11) is 1.67. The second-order valence-corrected chi connectivity index (χ2v) is 4.90. The molecule has 2 aromatic rings. The minimum Gasteiger partial charge on any atom is -0.383 e. The van der Waals surface area contributed by atoms with Crippen molar-refractivity contribution < 1.29 is 9.13 Å². The molecule has 0 saturated carbocycles. The van der Waals surface area contributed by atoms with Crippen molar-refractivity contribution in [3.63, 3.8) is 0 Å². The predicted molar refractivity (Wildman–Crippen MR) is 72.5 cm³/mol. The van der Waals surface area contributed by atoms with E-state index in [0.29, 0.717) is 6.61 Å². The van der Waals surface area contributed by atoms with Gasteiger partial charge in [0.05, 0.1) is 12.3 Å². The SMILES string of the molecule is COC[C@H](C)Nc1nc(-c2ccc(F)cc2)cs1. The zero-order chi connectivity index (χ0) is 13.0. The van der Waals surface area contributed by atoms with Gasteiger partial charge in [-0.05, 0) is 31.2 Å². The molecule has 0 aliphatic rings. The van der Waals surface area contributed by atoms with Crippen molar-refractivity contribution in [3.8, 4) is 11.3 Å². The average Bonchev–Trinajstić information content (AvgIpc) is 2.78. The summed E-state index contributed by atoms with van der Waals surface area (Å²) in [6, 6.07) is 6.55. The smallest absolute Gasteiger partial charge is 0.183 e. The van der Waals surface area contributed by atoms with Gasteiger partial charge < -0.3 is 10.1 Å². The molecule has 18 heavy (non-hydrogen) atoms. The van der Waals surface area contributed by atoms with Gasteiger partial charge in [-0.3, -0.25) is 0 Å². The van der Waals surface area contributed by atoms with Crippen molar-refractivity contribution >= 4 is 16.5 Å². The number of ether oxygens (including phenoxy) is 1. The number of nitrogens with one attached hydrogen (secondary N) is 1. The Hall–Kier alpha value is -1.46. The zero-order valence-electron chi connectivity index (χ0n) is 10.3. The molecule has 0 aliphatic heterocycles. The van der Waals surface area contributed by atoms with Crippen LogP contribution in [-0.2, 0) is 4.74 Å². The number of hydrogen-bond donors (Lipinski definition) is 1. The summed E-state index contributed by atoms with van der Waals surface area (Å²) in [5.74, 6) is -0.235. The zero-order valence-corrected chi connectivity index (χ0v) is 11.1. The van der Waals surface area contributed by atoms with Gasteiger partial charge in [-0.1, -0.05) is 0 Å². The number of aromatic nitrogens is 1. The van der Waals surface area contributed by atoms with Crippen molar-refractivity contribution in [1.29, 1.82) is 0 Å². The second-order valence-electron chi connectivity index (χ2n) is 4.05. The Morgan fingerprint density at radius 3 is 2.78 bits per heavy atom. The summed E-state index contributed by atoms with van der Waals surface area (Å²) < 4.78 is 17.9. The average molecular weight is 266 g/mol. The van der Waals surface area contributed by atoms with Crippen molar-refractivity contribution in [2.24, 2.45) is 0 Å². The van der Waals surface area contributed by atoms with Crippen molar-refractivity contribution in [3.05, 3.63) is 35.5 Å². The highest BCUT2D eigenvalue weighted by atomic mass is 32.1. The molecule has 2 rings (SSSR count). The normalized spacial score (nSPS) is 12.4. The van der Waals surface area contributed by atoms with Gasteiger partial charge in [0.15, 0.2) is 5.13 Å².